The van der Waals surface area contributed by atoms with Crippen LogP contribution in [-0.4, -0.2) is 51.8 Å². The van der Waals surface area contributed by atoms with Crippen molar-refractivity contribution >= 4 is 17.6 Å². The van der Waals surface area contributed by atoms with E-state index in [4.69, 9.17) is 4.74 Å². The lowest BCUT2D eigenvalue weighted by molar-refractivity contribution is -0.157. The SMILES string of the molecule is CCOC(=O)[C@@]1(Cc2ccccc2)C[C@H]2CC[C@@H]1N2CC(=O)Nc1cnn(C)c1C. The smallest absolute Gasteiger partial charge is 0.314 e. The fourth-order valence-corrected chi connectivity index (χ4v) is 5.24. The molecule has 0 unspecified atom stereocenters. The number of carbonyl (C=O) groups is 2. The lowest BCUT2D eigenvalue weighted by atomic mass is 9.70. The van der Waals surface area contributed by atoms with Gasteiger partial charge in [-0.25, -0.2) is 0 Å². The molecule has 2 saturated heterocycles. The Morgan fingerprint density at radius 1 is 1.27 bits per heavy atom. The first-order valence-electron chi connectivity index (χ1n) is 10.7. The zero-order valence-electron chi connectivity index (χ0n) is 17.9. The summed E-state index contributed by atoms with van der Waals surface area (Å²) in [5.74, 6) is -0.197. The normalized spacial score (nSPS) is 25.4. The van der Waals surface area contributed by atoms with Crippen molar-refractivity contribution in [3.8, 4) is 0 Å². The Bertz CT molecular complexity index is 926. The number of nitrogens with one attached hydrogen (secondary N) is 1. The highest BCUT2D eigenvalue weighted by Crippen LogP contribution is 2.52. The number of amides is 1. The van der Waals surface area contributed by atoms with Gasteiger partial charge in [-0.05, 0) is 45.1 Å². The van der Waals surface area contributed by atoms with Crippen LogP contribution in [0, 0.1) is 12.3 Å². The Labute approximate surface area is 177 Å². The summed E-state index contributed by atoms with van der Waals surface area (Å²) in [6.45, 7) is 4.42. The van der Waals surface area contributed by atoms with Crippen LogP contribution in [0.2, 0.25) is 0 Å². The van der Waals surface area contributed by atoms with Crippen molar-refractivity contribution in [2.75, 3.05) is 18.5 Å². The van der Waals surface area contributed by atoms with Gasteiger partial charge >= 0.3 is 5.97 Å². The van der Waals surface area contributed by atoms with Crippen molar-refractivity contribution < 1.29 is 14.3 Å². The van der Waals surface area contributed by atoms with E-state index in [-0.39, 0.29) is 30.5 Å². The Morgan fingerprint density at radius 2 is 2.03 bits per heavy atom. The van der Waals surface area contributed by atoms with E-state index in [1.165, 1.54) is 0 Å². The average Bonchev–Trinajstić information content (AvgIpc) is 3.36. The van der Waals surface area contributed by atoms with Gasteiger partial charge in [0.2, 0.25) is 5.91 Å². The second-order valence-corrected chi connectivity index (χ2v) is 8.48. The topological polar surface area (TPSA) is 76.5 Å². The van der Waals surface area contributed by atoms with Crippen LogP contribution in [-0.2, 0) is 27.8 Å². The molecule has 4 rings (SSSR count). The van der Waals surface area contributed by atoms with Crippen LogP contribution in [0.3, 0.4) is 0 Å². The Balaban J connectivity index is 1.54. The monoisotopic (exact) mass is 410 g/mol. The summed E-state index contributed by atoms with van der Waals surface area (Å²) in [5.41, 5.74) is 2.19. The van der Waals surface area contributed by atoms with Gasteiger partial charge < -0.3 is 10.1 Å². The van der Waals surface area contributed by atoms with Gasteiger partial charge in [0.15, 0.2) is 0 Å². The molecule has 0 radical (unpaired) electrons. The number of fused-ring (bicyclic) bond motifs is 2. The molecule has 3 atom stereocenters. The van der Waals surface area contributed by atoms with E-state index in [9.17, 15) is 9.59 Å². The number of esters is 1. The first-order valence-corrected chi connectivity index (χ1v) is 10.7. The number of aryl methyl sites for hydroxylation is 1. The van der Waals surface area contributed by atoms with Gasteiger partial charge in [-0.2, -0.15) is 5.10 Å². The standard InChI is InChI=1S/C23H30N4O3/c1-4-30-22(29)23(12-17-8-6-5-7-9-17)13-18-10-11-20(23)27(18)15-21(28)25-19-14-24-26(3)16(19)2/h5-9,14,18,20H,4,10-13,15H2,1-3H3,(H,25,28)/t18-,20+,23+/m1/s1. The number of aromatic nitrogens is 2. The minimum Gasteiger partial charge on any atom is -0.466 e. The van der Waals surface area contributed by atoms with Crippen LogP contribution in [0.15, 0.2) is 36.5 Å². The molecule has 2 fully saturated rings. The molecule has 0 spiro atoms. The maximum atomic E-state index is 13.2. The van der Waals surface area contributed by atoms with Crippen molar-refractivity contribution in [1.82, 2.24) is 14.7 Å². The van der Waals surface area contributed by atoms with Crippen LogP contribution in [0.5, 0.6) is 0 Å². The van der Waals surface area contributed by atoms with Crippen LogP contribution in [0.1, 0.15) is 37.4 Å². The van der Waals surface area contributed by atoms with E-state index in [0.717, 1.165) is 36.2 Å². The van der Waals surface area contributed by atoms with E-state index >= 15 is 0 Å². The first-order chi connectivity index (χ1) is 14.4. The Kier molecular flexibility index (Phi) is 5.64. The predicted octanol–water partition coefficient (Wildman–Crippen LogP) is 2.70. The van der Waals surface area contributed by atoms with Gasteiger partial charge in [0.05, 0.1) is 36.1 Å². The molecule has 2 bridgehead atoms. The molecule has 7 nitrogen and oxygen atoms in total. The van der Waals surface area contributed by atoms with Gasteiger partial charge in [-0.3, -0.25) is 19.2 Å². The second kappa shape index (κ2) is 8.22. The number of anilines is 1. The molecular formula is C23H30N4O3. The molecule has 30 heavy (non-hydrogen) atoms. The number of carbonyl (C=O) groups excluding carboxylic acids is 2. The molecule has 2 aromatic rings. The minimum atomic E-state index is -0.592. The summed E-state index contributed by atoms with van der Waals surface area (Å²) in [4.78, 5) is 28.2. The summed E-state index contributed by atoms with van der Waals surface area (Å²) >= 11 is 0. The number of rotatable bonds is 7. The largest absolute Gasteiger partial charge is 0.466 e. The van der Waals surface area contributed by atoms with Crippen LogP contribution in [0.4, 0.5) is 5.69 Å². The lowest BCUT2D eigenvalue weighted by Gasteiger charge is -2.35. The van der Waals surface area contributed by atoms with Gasteiger partial charge in [0.1, 0.15) is 0 Å². The van der Waals surface area contributed by atoms with Crippen molar-refractivity contribution in [2.45, 2.75) is 51.6 Å². The zero-order valence-corrected chi connectivity index (χ0v) is 17.9. The fraction of sp³-hybridized carbons (Fsp3) is 0.522. The fourth-order valence-electron chi connectivity index (χ4n) is 5.24. The number of hydrogen-bond donors (Lipinski definition) is 1. The van der Waals surface area contributed by atoms with E-state index in [1.54, 1.807) is 10.9 Å². The molecule has 160 valence electrons. The first kappa shape index (κ1) is 20.6. The average molecular weight is 411 g/mol. The van der Waals surface area contributed by atoms with Crippen molar-refractivity contribution in [3.05, 3.63) is 47.8 Å². The molecule has 1 aromatic heterocycles. The van der Waals surface area contributed by atoms with Gasteiger partial charge in [-0.15, -0.1) is 0 Å². The molecule has 7 heteroatoms. The molecule has 1 N–H and O–H groups in total. The van der Waals surface area contributed by atoms with E-state index in [2.05, 4.69) is 27.4 Å². The third-order valence-electron chi connectivity index (χ3n) is 6.76. The Morgan fingerprint density at radius 3 is 2.70 bits per heavy atom. The van der Waals surface area contributed by atoms with Crippen molar-refractivity contribution in [2.24, 2.45) is 12.5 Å². The highest BCUT2D eigenvalue weighted by Gasteiger charge is 2.60. The molecule has 3 heterocycles. The maximum Gasteiger partial charge on any atom is 0.314 e. The van der Waals surface area contributed by atoms with Gasteiger partial charge in [0, 0.05) is 19.1 Å². The van der Waals surface area contributed by atoms with Gasteiger partial charge in [0.25, 0.3) is 0 Å². The molecule has 2 aliphatic heterocycles. The van der Waals surface area contributed by atoms with Crippen LogP contribution in [0.25, 0.3) is 0 Å². The molecule has 0 saturated carbocycles. The summed E-state index contributed by atoms with van der Waals surface area (Å²) in [5, 5.41) is 7.16. The van der Waals surface area contributed by atoms with Crippen molar-refractivity contribution in [1.29, 1.82) is 0 Å². The molecule has 1 aromatic carbocycles. The summed E-state index contributed by atoms with van der Waals surface area (Å²) in [6.07, 6.45) is 4.98. The zero-order chi connectivity index (χ0) is 21.3. The van der Waals surface area contributed by atoms with Gasteiger partial charge in [-0.1, -0.05) is 30.3 Å². The molecule has 2 aliphatic rings. The highest BCUT2D eigenvalue weighted by molar-refractivity contribution is 5.93. The quantitative estimate of drug-likeness (QED) is 0.711. The third-order valence-corrected chi connectivity index (χ3v) is 6.76. The Hall–Kier alpha value is -2.67. The van der Waals surface area contributed by atoms with Crippen molar-refractivity contribution in [3.63, 3.8) is 0 Å². The third kappa shape index (κ3) is 3.62. The number of benzene rings is 1. The minimum absolute atomic E-state index is 0.0162. The second-order valence-electron chi connectivity index (χ2n) is 8.48. The van der Waals surface area contributed by atoms with Crippen LogP contribution < -0.4 is 5.32 Å². The summed E-state index contributed by atoms with van der Waals surface area (Å²) in [7, 11) is 1.85. The number of ether oxygens (including phenoxy) is 1. The highest BCUT2D eigenvalue weighted by atomic mass is 16.5. The summed E-state index contributed by atoms with van der Waals surface area (Å²) < 4.78 is 7.28. The van der Waals surface area contributed by atoms with E-state index in [1.807, 2.05) is 39.1 Å². The number of hydrogen-bond acceptors (Lipinski definition) is 5. The summed E-state index contributed by atoms with van der Waals surface area (Å²) in [6, 6.07) is 10.4. The molecule has 1 amide bonds. The number of nitrogens with zero attached hydrogens (tertiary/aromatic N) is 3. The molecule has 0 aliphatic carbocycles. The van der Waals surface area contributed by atoms with Crippen LogP contribution >= 0.6 is 0 Å². The maximum absolute atomic E-state index is 13.2. The molecular weight excluding hydrogens is 380 g/mol. The van der Waals surface area contributed by atoms with E-state index in [0.29, 0.717) is 13.0 Å². The predicted molar refractivity (Wildman–Crippen MR) is 114 cm³/mol. The van der Waals surface area contributed by atoms with E-state index < -0.39 is 5.41 Å². The lowest BCUT2D eigenvalue weighted by Crippen LogP contribution is -2.47.